The van der Waals surface area contributed by atoms with E-state index in [-0.39, 0.29) is 4.21 Å². The Labute approximate surface area is 136 Å². The summed E-state index contributed by atoms with van der Waals surface area (Å²) >= 11 is 1.13. The lowest BCUT2D eigenvalue weighted by molar-refractivity contribution is 0.603. The quantitative estimate of drug-likeness (QED) is 0.734. The largest absolute Gasteiger partial charge is 0.338 e. The number of hydrogen-bond acceptors (Lipinski definition) is 5. The van der Waals surface area contributed by atoms with Crippen LogP contribution in [-0.2, 0) is 10.0 Å². The van der Waals surface area contributed by atoms with E-state index in [0.29, 0.717) is 17.2 Å². The monoisotopic (exact) mass is 349 g/mol. The van der Waals surface area contributed by atoms with Crippen LogP contribution in [0, 0.1) is 5.82 Å². The second-order valence-electron chi connectivity index (χ2n) is 4.57. The zero-order valence-electron chi connectivity index (χ0n) is 11.7. The zero-order chi connectivity index (χ0) is 16.3. The Morgan fingerprint density at radius 1 is 1.04 bits per heavy atom. The van der Waals surface area contributed by atoms with Crippen molar-refractivity contribution in [3.63, 3.8) is 0 Å². The van der Waals surface area contributed by atoms with Crippen molar-refractivity contribution >= 4 is 38.6 Å². The molecule has 2 N–H and O–H groups in total. The number of para-hydroxylation sites is 1. The Kier molecular flexibility index (Phi) is 4.26. The van der Waals surface area contributed by atoms with Crippen LogP contribution in [0.2, 0.25) is 0 Å². The summed E-state index contributed by atoms with van der Waals surface area (Å²) in [6, 6.07) is 12.5. The minimum atomic E-state index is -3.60. The molecule has 0 fully saturated rings. The predicted octanol–water partition coefficient (Wildman–Crippen LogP) is 3.83. The number of halogens is 1. The van der Waals surface area contributed by atoms with Crippen LogP contribution in [-0.4, -0.2) is 13.4 Å². The maximum atomic E-state index is 13.6. The molecule has 0 unspecified atom stereocenters. The molecule has 1 aromatic carbocycles. The van der Waals surface area contributed by atoms with Crippen LogP contribution in [0.15, 0.2) is 64.3 Å². The molecule has 3 aromatic rings. The first kappa shape index (κ1) is 15.4. The molecule has 0 bridgehead atoms. The number of aromatic nitrogens is 1. The van der Waals surface area contributed by atoms with E-state index in [1.165, 1.54) is 18.3 Å². The fraction of sp³-hybridized carbons (Fsp3) is 0. The van der Waals surface area contributed by atoms with Crippen LogP contribution in [0.1, 0.15) is 0 Å². The standard InChI is InChI=1S/C15H12FN3O2S2/c16-12-4-1-2-5-13(12)18-14-8-7-11(10-17-14)19-23(20,21)15-6-3-9-22-15/h1-10,19H,(H,17,18). The number of hydrogen-bond donors (Lipinski definition) is 2. The second-order valence-corrected chi connectivity index (χ2v) is 7.43. The molecule has 0 saturated carbocycles. The third kappa shape index (κ3) is 3.66. The minimum absolute atomic E-state index is 0.228. The van der Waals surface area contributed by atoms with Crippen LogP contribution in [0.5, 0.6) is 0 Å². The van der Waals surface area contributed by atoms with E-state index in [9.17, 15) is 12.8 Å². The molecule has 0 atom stereocenters. The van der Waals surface area contributed by atoms with Crippen molar-refractivity contribution in [1.82, 2.24) is 4.98 Å². The van der Waals surface area contributed by atoms with E-state index in [1.807, 2.05) is 0 Å². The summed E-state index contributed by atoms with van der Waals surface area (Å²) in [5, 5.41) is 4.52. The SMILES string of the molecule is O=S(=O)(Nc1ccc(Nc2ccccc2F)nc1)c1cccs1. The van der Waals surface area contributed by atoms with Crippen molar-refractivity contribution in [3.05, 3.63) is 65.9 Å². The highest BCUT2D eigenvalue weighted by atomic mass is 32.2. The van der Waals surface area contributed by atoms with Crippen molar-refractivity contribution in [2.45, 2.75) is 4.21 Å². The Bertz CT molecular complexity index is 895. The summed E-state index contributed by atoms with van der Waals surface area (Å²) in [7, 11) is -3.60. The maximum absolute atomic E-state index is 13.6. The molecule has 8 heteroatoms. The van der Waals surface area contributed by atoms with Crippen molar-refractivity contribution in [2.75, 3.05) is 10.0 Å². The van der Waals surface area contributed by atoms with Crippen molar-refractivity contribution in [2.24, 2.45) is 0 Å². The normalized spacial score (nSPS) is 11.2. The van der Waals surface area contributed by atoms with E-state index in [4.69, 9.17) is 0 Å². The number of anilines is 3. The van der Waals surface area contributed by atoms with E-state index < -0.39 is 15.8 Å². The molecule has 2 heterocycles. The van der Waals surface area contributed by atoms with Gasteiger partial charge >= 0.3 is 0 Å². The highest BCUT2D eigenvalue weighted by molar-refractivity contribution is 7.94. The second kappa shape index (κ2) is 6.35. The van der Waals surface area contributed by atoms with Gasteiger partial charge in [0.05, 0.1) is 17.6 Å². The topological polar surface area (TPSA) is 71.1 Å². The number of sulfonamides is 1. The molecule has 3 rings (SSSR count). The Balaban J connectivity index is 1.74. The van der Waals surface area contributed by atoms with Gasteiger partial charge in [-0.2, -0.15) is 0 Å². The zero-order valence-corrected chi connectivity index (χ0v) is 13.4. The van der Waals surface area contributed by atoms with Crippen LogP contribution in [0.25, 0.3) is 0 Å². The van der Waals surface area contributed by atoms with Gasteiger partial charge in [-0.15, -0.1) is 11.3 Å². The van der Waals surface area contributed by atoms with Crippen LogP contribution in [0.4, 0.5) is 21.6 Å². The number of nitrogens with zero attached hydrogens (tertiary/aromatic N) is 1. The first-order valence-corrected chi connectivity index (χ1v) is 8.95. The molecule has 23 heavy (non-hydrogen) atoms. The molecule has 0 amide bonds. The first-order valence-electron chi connectivity index (χ1n) is 6.58. The lowest BCUT2D eigenvalue weighted by atomic mass is 10.3. The van der Waals surface area contributed by atoms with Crippen LogP contribution < -0.4 is 10.0 Å². The average molecular weight is 349 g/mol. The highest BCUT2D eigenvalue weighted by Crippen LogP contribution is 2.22. The van der Waals surface area contributed by atoms with Crippen LogP contribution in [0.3, 0.4) is 0 Å². The van der Waals surface area contributed by atoms with Gasteiger partial charge < -0.3 is 5.32 Å². The van der Waals surface area contributed by atoms with Gasteiger partial charge in [0, 0.05) is 0 Å². The van der Waals surface area contributed by atoms with Crippen molar-refractivity contribution < 1.29 is 12.8 Å². The summed E-state index contributed by atoms with van der Waals surface area (Å²) < 4.78 is 40.4. The summed E-state index contributed by atoms with van der Waals surface area (Å²) in [5.41, 5.74) is 0.629. The number of pyridine rings is 1. The molecule has 0 radical (unpaired) electrons. The molecule has 0 saturated heterocycles. The molecule has 0 aliphatic carbocycles. The lowest BCUT2D eigenvalue weighted by Crippen LogP contribution is -2.11. The van der Waals surface area contributed by atoms with Crippen LogP contribution >= 0.6 is 11.3 Å². The van der Waals surface area contributed by atoms with Gasteiger partial charge in [0.25, 0.3) is 10.0 Å². The number of thiophene rings is 1. The predicted molar refractivity (Wildman–Crippen MR) is 89.0 cm³/mol. The van der Waals surface area contributed by atoms with Gasteiger partial charge in [0.2, 0.25) is 0 Å². The summed E-state index contributed by atoms with van der Waals surface area (Å²) in [5.74, 6) is 0.0194. The van der Waals surface area contributed by atoms with Gasteiger partial charge in [0.1, 0.15) is 15.8 Å². The number of rotatable bonds is 5. The van der Waals surface area contributed by atoms with Gasteiger partial charge in [0.15, 0.2) is 0 Å². The Morgan fingerprint density at radius 3 is 2.52 bits per heavy atom. The maximum Gasteiger partial charge on any atom is 0.271 e. The van der Waals surface area contributed by atoms with Crippen molar-refractivity contribution in [3.8, 4) is 0 Å². The van der Waals surface area contributed by atoms with Crippen molar-refractivity contribution in [1.29, 1.82) is 0 Å². The fourth-order valence-electron chi connectivity index (χ4n) is 1.85. The summed E-state index contributed by atoms with van der Waals surface area (Å²) in [6.45, 7) is 0. The molecule has 2 aromatic heterocycles. The molecule has 0 aliphatic heterocycles. The number of nitrogens with one attached hydrogen (secondary N) is 2. The van der Waals surface area contributed by atoms with Gasteiger partial charge in [-0.05, 0) is 35.7 Å². The molecule has 0 spiro atoms. The van der Waals surface area contributed by atoms with E-state index in [0.717, 1.165) is 11.3 Å². The summed E-state index contributed by atoms with van der Waals surface area (Å²) in [6.07, 6.45) is 1.37. The minimum Gasteiger partial charge on any atom is -0.338 e. The highest BCUT2D eigenvalue weighted by Gasteiger charge is 2.15. The molecule has 118 valence electrons. The first-order chi connectivity index (χ1) is 11.0. The molecular weight excluding hydrogens is 337 g/mol. The average Bonchev–Trinajstić information content (AvgIpc) is 3.06. The van der Waals surface area contributed by atoms with Gasteiger partial charge in [-0.1, -0.05) is 18.2 Å². The Hall–Kier alpha value is -2.45. The van der Waals surface area contributed by atoms with Gasteiger partial charge in [-0.25, -0.2) is 17.8 Å². The van der Waals surface area contributed by atoms with E-state index >= 15 is 0 Å². The molecular formula is C15H12FN3O2S2. The van der Waals surface area contributed by atoms with E-state index in [2.05, 4.69) is 15.0 Å². The third-order valence-corrected chi connectivity index (χ3v) is 5.69. The third-order valence-electron chi connectivity index (χ3n) is 2.91. The smallest absolute Gasteiger partial charge is 0.271 e. The molecule has 0 aliphatic rings. The fourth-order valence-corrected chi connectivity index (χ4v) is 3.89. The molecule has 5 nitrogen and oxygen atoms in total. The lowest BCUT2D eigenvalue weighted by Gasteiger charge is -2.09. The summed E-state index contributed by atoms with van der Waals surface area (Å²) in [4.78, 5) is 4.08. The Morgan fingerprint density at radius 2 is 1.87 bits per heavy atom. The van der Waals surface area contributed by atoms with E-state index in [1.54, 1.807) is 41.8 Å². The van der Waals surface area contributed by atoms with Gasteiger partial charge in [-0.3, -0.25) is 4.72 Å². The number of benzene rings is 1.